The molecule has 0 aliphatic carbocycles. The Balaban J connectivity index is 2.32. The summed E-state index contributed by atoms with van der Waals surface area (Å²) < 4.78 is 5.41. The number of ether oxygens (including phenoxy) is 1. The molecule has 2 aromatic carbocycles. The monoisotopic (exact) mass is 300 g/mol. The van der Waals surface area contributed by atoms with Gasteiger partial charge in [-0.05, 0) is 38.1 Å². The smallest absolute Gasteiger partial charge is 0.124 e. The molecule has 0 aromatic heterocycles. The summed E-state index contributed by atoms with van der Waals surface area (Å²) in [6.45, 7) is 4.08. The fraction of sp³-hybridized carbons (Fsp3) is 0.235. The number of hydrogen-bond acceptors (Lipinski definition) is 3. The van der Waals surface area contributed by atoms with Crippen molar-refractivity contribution in [1.29, 1.82) is 5.26 Å². The third-order valence-corrected chi connectivity index (χ3v) is 3.65. The van der Waals surface area contributed by atoms with Crippen molar-refractivity contribution in [3.05, 3.63) is 58.1 Å². The van der Waals surface area contributed by atoms with E-state index in [0.717, 1.165) is 22.6 Å². The Hall–Kier alpha value is -2.18. The van der Waals surface area contributed by atoms with Crippen molar-refractivity contribution in [2.75, 3.05) is 12.4 Å². The molecule has 0 aliphatic heterocycles. The van der Waals surface area contributed by atoms with Gasteiger partial charge in [0.1, 0.15) is 5.75 Å². The van der Waals surface area contributed by atoms with Crippen LogP contribution in [0.5, 0.6) is 5.75 Å². The van der Waals surface area contributed by atoms with Gasteiger partial charge in [0.25, 0.3) is 0 Å². The molecule has 21 heavy (non-hydrogen) atoms. The summed E-state index contributed by atoms with van der Waals surface area (Å²) >= 11 is 6.19. The molecule has 1 N–H and O–H groups in total. The molecule has 3 nitrogen and oxygen atoms in total. The van der Waals surface area contributed by atoms with E-state index in [0.29, 0.717) is 10.6 Å². The molecule has 2 aromatic rings. The average Bonchev–Trinajstić information content (AvgIpc) is 2.49. The van der Waals surface area contributed by atoms with Crippen LogP contribution in [0.25, 0.3) is 0 Å². The van der Waals surface area contributed by atoms with Gasteiger partial charge < -0.3 is 10.1 Å². The van der Waals surface area contributed by atoms with E-state index in [1.54, 1.807) is 25.3 Å². The first-order chi connectivity index (χ1) is 10.0. The van der Waals surface area contributed by atoms with Crippen LogP contribution >= 0.6 is 11.6 Å². The predicted octanol–water partition coefficient (Wildman–Crippen LogP) is 4.70. The zero-order valence-corrected chi connectivity index (χ0v) is 13.0. The Morgan fingerprint density at radius 1 is 1.24 bits per heavy atom. The van der Waals surface area contributed by atoms with E-state index in [9.17, 15) is 0 Å². The van der Waals surface area contributed by atoms with Crippen molar-refractivity contribution < 1.29 is 4.74 Å². The molecule has 0 saturated heterocycles. The molecule has 0 spiro atoms. The van der Waals surface area contributed by atoms with Crippen molar-refractivity contribution in [1.82, 2.24) is 0 Å². The van der Waals surface area contributed by atoms with Gasteiger partial charge in [-0.1, -0.05) is 29.3 Å². The Bertz CT molecular complexity index is 692. The third-order valence-electron chi connectivity index (χ3n) is 3.32. The predicted molar refractivity (Wildman–Crippen MR) is 85.9 cm³/mol. The van der Waals surface area contributed by atoms with Crippen LogP contribution in [0.1, 0.15) is 29.7 Å². The van der Waals surface area contributed by atoms with Gasteiger partial charge in [-0.15, -0.1) is 0 Å². The molecule has 0 aliphatic rings. The first-order valence-corrected chi connectivity index (χ1v) is 7.03. The summed E-state index contributed by atoms with van der Waals surface area (Å²) in [7, 11) is 1.66. The number of aryl methyl sites for hydroxylation is 1. The third kappa shape index (κ3) is 3.48. The molecule has 2 rings (SSSR count). The summed E-state index contributed by atoms with van der Waals surface area (Å²) in [5.74, 6) is 0.827. The minimum atomic E-state index is 0.00583. The molecule has 4 heteroatoms. The zero-order chi connectivity index (χ0) is 15.4. The minimum absolute atomic E-state index is 0.00583. The maximum absolute atomic E-state index is 8.98. The standard InChI is InChI=1S/C17H17ClN2O/c1-11-4-7-17(21-3)14(8-11)12(2)20-16-9-13(10-19)5-6-15(16)18/h4-9,12,20H,1-3H3. The Morgan fingerprint density at radius 3 is 2.67 bits per heavy atom. The molecule has 0 amide bonds. The molecular formula is C17H17ClN2O. The van der Waals surface area contributed by atoms with Gasteiger partial charge >= 0.3 is 0 Å². The number of nitrogens with zero attached hydrogens (tertiary/aromatic N) is 1. The summed E-state index contributed by atoms with van der Waals surface area (Å²) in [6, 6.07) is 13.3. The van der Waals surface area contributed by atoms with Crippen LogP contribution < -0.4 is 10.1 Å². The van der Waals surface area contributed by atoms with Crippen molar-refractivity contribution in [2.24, 2.45) is 0 Å². The van der Waals surface area contributed by atoms with Crippen LogP contribution in [-0.4, -0.2) is 7.11 Å². The first kappa shape index (κ1) is 15.2. The second-order valence-electron chi connectivity index (χ2n) is 4.92. The van der Waals surface area contributed by atoms with E-state index in [-0.39, 0.29) is 6.04 Å². The Kier molecular flexibility index (Phi) is 4.72. The highest BCUT2D eigenvalue weighted by atomic mass is 35.5. The number of nitriles is 1. The second kappa shape index (κ2) is 6.51. The lowest BCUT2D eigenvalue weighted by Gasteiger charge is -2.20. The van der Waals surface area contributed by atoms with Crippen molar-refractivity contribution in [3.8, 4) is 11.8 Å². The summed E-state index contributed by atoms with van der Waals surface area (Å²) in [5.41, 5.74) is 3.53. The van der Waals surface area contributed by atoms with E-state index >= 15 is 0 Å². The lowest BCUT2D eigenvalue weighted by molar-refractivity contribution is 0.408. The number of nitrogens with one attached hydrogen (secondary N) is 1. The number of methoxy groups -OCH3 is 1. The molecular weight excluding hydrogens is 284 g/mol. The largest absolute Gasteiger partial charge is 0.496 e. The molecule has 0 heterocycles. The lowest BCUT2D eigenvalue weighted by atomic mass is 10.0. The van der Waals surface area contributed by atoms with E-state index in [1.807, 2.05) is 26.0 Å². The van der Waals surface area contributed by atoms with Crippen LogP contribution in [0.15, 0.2) is 36.4 Å². The number of anilines is 1. The fourth-order valence-electron chi connectivity index (χ4n) is 2.21. The van der Waals surface area contributed by atoms with Crippen molar-refractivity contribution >= 4 is 17.3 Å². The van der Waals surface area contributed by atoms with Gasteiger partial charge in [0.05, 0.1) is 35.5 Å². The topological polar surface area (TPSA) is 45.0 Å². The summed E-state index contributed by atoms with van der Waals surface area (Å²) in [6.07, 6.45) is 0. The Labute approximate surface area is 130 Å². The van der Waals surface area contributed by atoms with Gasteiger partial charge in [0.2, 0.25) is 0 Å². The molecule has 0 fully saturated rings. The van der Waals surface area contributed by atoms with E-state index in [4.69, 9.17) is 21.6 Å². The number of rotatable bonds is 4. The minimum Gasteiger partial charge on any atom is -0.496 e. The maximum atomic E-state index is 8.98. The quantitative estimate of drug-likeness (QED) is 0.890. The zero-order valence-electron chi connectivity index (χ0n) is 12.3. The van der Waals surface area contributed by atoms with Crippen LogP contribution in [0, 0.1) is 18.3 Å². The lowest BCUT2D eigenvalue weighted by Crippen LogP contribution is -2.09. The molecule has 108 valence electrons. The molecule has 0 saturated carbocycles. The normalized spacial score (nSPS) is 11.6. The van der Waals surface area contributed by atoms with Crippen LogP contribution in [0.2, 0.25) is 5.02 Å². The molecule has 0 bridgehead atoms. The van der Waals surface area contributed by atoms with Gasteiger partial charge in [0, 0.05) is 5.56 Å². The van der Waals surface area contributed by atoms with Crippen LogP contribution in [-0.2, 0) is 0 Å². The highest BCUT2D eigenvalue weighted by Gasteiger charge is 2.13. The number of halogens is 1. The van der Waals surface area contributed by atoms with Crippen molar-refractivity contribution in [3.63, 3.8) is 0 Å². The SMILES string of the molecule is COc1ccc(C)cc1C(C)Nc1cc(C#N)ccc1Cl. The summed E-state index contributed by atoms with van der Waals surface area (Å²) in [5, 5.41) is 12.9. The number of benzene rings is 2. The van der Waals surface area contributed by atoms with Crippen molar-refractivity contribution in [2.45, 2.75) is 19.9 Å². The first-order valence-electron chi connectivity index (χ1n) is 6.66. The van der Waals surface area contributed by atoms with E-state index < -0.39 is 0 Å². The Morgan fingerprint density at radius 2 is 2.00 bits per heavy atom. The maximum Gasteiger partial charge on any atom is 0.124 e. The number of hydrogen-bond donors (Lipinski definition) is 1. The molecule has 1 atom stereocenters. The fourth-order valence-corrected chi connectivity index (χ4v) is 2.38. The van der Waals surface area contributed by atoms with Crippen LogP contribution in [0.4, 0.5) is 5.69 Å². The molecule has 1 unspecified atom stereocenters. The highest BCUT2D eigenvalue weighted by molar-refractivity contribution is 6.33. The second-order valence-corrected chi connectivity index (χ2v) is 5.33. The van der Waals surface area contributed by atoms with E-state index in [2.05, 4.69) is 17.5 Å². The summed E-state index contributed by atoms with van der Waals surface area (Å²) in [4.78, 5) is 0. The van der Waals surface area contributed by atoms with Gasteiger partial charge in [-0.3, -0.25) is 0 Å². The molecule has 0 radical (unpaired) electrons. The van der Waals surface area contributed by atoms with Gasteiger partial charge in [-0.2, -0.15) is 5.26 Å². The average molecular weight is 301 g/mol. The van der Waals surface area contributed by atoms with Gasteiger partial charge in [-0.25, -0.2) is 0 Å². The van der Waals surface area contributed by atoms with Crippen LogP contribution in [0.3, 0.4) is 0 Å². The van der Waals surface area contributed by atoms with Gasteiger partial charge in [0.15, 0.2) is 0 Å². The highest BCUT2D eigenvalue weighted by Crippen LogP contribution is 2.31. The van der Waals surface area contributed by atoms with E-state index in [1.165, 1.54) is 0 Å².